The molecule has 0 spiro atoms. The number of H-pyrrole nitrogens is 1. The van der Waals surface area contributed by atoms with Crippen LogP contribution in [0.2, 0.25) is 0 Å². The first-order valence-corrected chi connectivity index (χ1v) is 9.54. The third kappa shape index (κ3) is 5.08. The average Bonchev–Trinajstić information content (AvgIpc) is 2.79. The second-order valence-corrected chi connectivity index (χ2v) is 7.28. The zero-order chi connectivity index (χ0) is 15.0. The Balaban J connectivity index is 2.44. The minimum absolute atomic E-state index is 0.0717. The molecule has 0 amide bonds. The van der Waals surface area contributed by atoms with Gasteiger partial charge < -0.3 is 5.11 Å². The van der Waals surface area contributed by atoms with E-state index < -0.39 is 16.6 Å². The van der Waals surface area contributed by atoms with Crippen LogP contribution in [-0.4, -0.2) is 42.3 Å². The van der Waals surface area contributed by atoms with E-state index in [9.17, 15) is 8.42 Å². The molecule has 0 unspecified atom stereocenters. The molecule has 0 radical (unpaired) electrons. The fourth-order valence-corrected chi connectivity index (χ4v) is 3.86. The Morgan fingerprint density at radius 3 is 2.65 bits per heavy atom. The third-order valence-electron chi connectivity index (χ3n) is 2.95. The molecule has 6 nitrogen and oxygen atoms in total. The minimum Gasteiger partial charge on any atom is -0.390 e. The molecule has 1 rings (SSSR count). The maximum atomic E-state index is 12.1. The van der Waals surface area contributed by atoms with E-state index in [0.29, 0.717) is 12.2 Å². The van der Waals surface area contributed by atoms with E-state index in [-0.39, 0.29) is 10.6 Å². The number of hydrogen-bond donors (Lipinski definition) is 3. The first kappa shape index (κ1) is 17.5. The largest absolute Gasteiger partial charge is 0.390 e. The van der Waals surface area contributed by atoms with Gasteiger partial charge in [0, 0.05) is 6.54 Å². The summed E-state index contributed by atoms with van der Waals surface area (Å²) in [5, 5.41) is 15.5. The zero-order valence-electron chi connectivity index (χ0n) is 12.0. The third-order valence-corrected chi connectivity index (χ3v) is 5.31. The summed E-state index contributed by atoms with van der Waals surface area (Å²) in [6, 6.07) is 0. The molecule has 0 bridgehead atoms. The van der Waals surface area contributed by atoms with Crippen LogP contribution in [0, 0.1) is 6.92 Å². The van der Waals surface area contributed by atoms with E-state index in [0.717, 1.165) is 25.0 Å². The fourth-order valence-electron chi connectivity index (χ4n) is 1.94. The number of aliphatic hydroxyl groups is 1. The summed E-state index contributed by atoms with van der Waals surface area (Å²) in [5.41, 5.74) is 0.608. The van der Waals surface area contributed by atoms with Crippen LogP contribution in [0.15, 0.2) is 4.90 Å². The molecule has 0 aliphatic carbocycles. The summed E-state index contributed by atoms with van der Waals surface area (Å²) < 4.78 is 26.9. The molecular formula is C12H23N3O3S2. The van der Waals surface area contributed by atoms with E-state index in [1.54, 1.807) is 6.92 Å². The molecule has 0 aliphatic rings. The highest BCUT2D eigenvalue weighted by molar-refractivity contribution is 7.98. The molecule has 1 aromatic rings. The van der Waals surface area contributed by atoms with Crippen LogP contribution in [0.4, 0.5) is 0 Å². The van der Waals surface area contributed by atoms with Gasteiger partial charge >= 0.3 is 0 Å². The van der Waals surface area contributed by atoms with E-state index in [1.165, 1.54) is 6.42 Å². The van der Waals surface area contributed by atoms with Gasteiger partial charge in [-0.3, -0.25) is 5.10 Å². The van der Waals surface area contributed by atoms with Crippen molar-refractivity contribution in [2.75, 3.05) is 18.6 Å². The van der Waals surface area contributed by atoms with E-state index >= 15 is 0 Å². The van der Waals surface area contributed by atoms with Crippen LogP contribution < -0.4 is 4.72 Å². The highest BCUT2D eigenvalue weighted by Gasteiger charge is 2.23. The van der Waals surface area contributed by atoms with E-state index in [4.69, 9.17) is 5.11 Å². The summed E-state index contributed by atoms with van der Waals surface area (Å²) in [6.45, 7) is 1.65. The second-order valence-electron chi connectivity index (χ2n) is 4.59. The van der Waals surface area contributed by atoms with E-state index in [2.05, 4.69) is 21.2 Å². The highest BCUT2D eigenvalue weighted by Crippen LogP contribution is 2.17. The normalized spacial score (nSPS) is 11.9. The molecule has 0 aromatic carbocycles. The second kappa shape index (κ2) is 8.66. The van der Waals surface area contributed by atoms with Crippen molar-refractivity contribution in [1.29, 1.82) is 0 Å². The Kier molecular flexibility index (Phi) is 7.57. The SMILES string of the molecule is CSCCCCCCNS(=O)(=O)c1c(CO)n[nH]c1C. The maximum absolute atomic E-state index is 12.1. The quantitative estimate of drug-likeness (QED) is 0.566. The number of rotatable bonds is 10. The molecule has 0 aliphatic heterocycles. The molecule has 0 atom stereocenters. The van der Waals surface area contributed by atoms with Crippen LogP contribution in [-0.2, 0) is 16.6 Å². The monoisotopic (exact) mass is 321 g/mol. The number of unbranched alkanes of at least 4 members (excludes halogenated alkanes) is 3. The lowest BCUT2D eigenvalue weighted by Gasteiger charge is -2.07. The summed E-state index contributed by atoms with van der Waals surface area (Å²) >= 11 is 1.83. The number of aliphatic hydroxyl groups excluding tert-OH is 1. The highest BCUT2D eigenvalue weighted by atomic mass is 32.2. The molecule has 1 aromatic heterocycles. The van der Waals surface area contributed by atoms with E-state index in [1.807, 2.05) is 11.8 Å². The Hall–Kier alpha value is -0.570. The van der Waals surface area contributed by atoms with Crippen LogP contribution in [0.5, 0.6) is 0 Å². The van der Waals surface area contributed by atoms with Crippen LogP contribution >= 0.6 is 11.8 Å². The van der Waals surface area contributed by atoms with Crippen molar-refractivity contribution in [1.82, 2.24) is 14.9 Å². The zero-order valence-corrected chi connectivity index (χ0v) is 13.6. The number of sulfonamides is 1. The lowest BCUT2D eigenvalue weighted by Crippen LogP contribution is -2.26. The van der Waals surface area contributed by atoms with Gasteiger partial charge in [0.2, 0.25) is 10.0 Å². The van der Waals surface area contributed by atoms with Crippen molar-refractivity contribution in [3.63, 3.8) is 0 Å². The molecule has 8 heteroatoms. The minimum atomic E-state index is -3.60. The molecule has 0 fully saturated rings. The molecule has 3 N–H and O–H groups in total. The predicted octanol–water partition coefficient (Wildman–Crippen LogP) is 1.41. The number of thioether (sulfide) groups is 1. The molecule has 116 valence electrons. The van der Waals surface area contributed by atoms with Gasteiger partial charge in [-0.15, -0.1) is 0 Å². The molecule has 20 heavy (non-hydrogen) atoms. The lowest BCUT2D eigenvalue weighted by molar-refractivity contribution is 0.273. The Morgan fingerprint density at radius 2 is 2.00 bits per heavy atom. The first-order valence-electron chi connectivity index (χ1n) is 6.66. The van der Waals surface area contributed by atoms with Crippen molar-refractivity contribution in [2.45, 2.75) is 44.1 Å². The standard InChI is InChI=1S/C12H23N3O3S2/c1-10-12(11(9-16)15-14-10)20(17,18)13-7-5-3-4-6-8-19-2/h13,16H,3-9H2,1-2H3,(H,14,15). The summed E-state index contributed by atoms with van der Waals surface area (Å²) in [6.07, 6.45) is 6.21. The van der Waals surface area contributed by atoms with Gasteiger partial charge in [-0.2, -0.15) is 16.9 Å². The average molecular weight is 321 g/mol. The van der Waals surface area contributed by atoms with Crippen molar-refractivity contribution in [2.24, 2.45) is 0 Å². The van der Waals surface area contributed by atoms with Crippen molar-refractivity contribution >= 4 is 21.8 Å². The van der Waals surface area contributed by atoms with Crippen molar-refractivity contribution < 1.29 is 13.5 Å². The number of aromatic amines is 1. The summed E-state index contributed by atoms with van der Waals surface area (Å²) in [7, 11) is -3.60. The fraction of sp³-hybridized carbons (Fsp3) is 0.750. The molecule has 1 heterocycles. The first-order chi connectivity index (χ1) is 9.53. The maximum Gasteiger partial charge on any atom is 0.244 e. The molecular weight excluding hydrogens is 298 g/mol. The van der Waals surface area contributed by atoms with Gasteiger partial charge in [0.25, 0.3) is 0 Å². The molecule has 0 saturated heterocycles. The number of hydrogen-bond acceptors (Lipinski definition) is 5. The van der Waals surface area contributed by atoms with Crippen LogP contribution in [0.3, 0.4) is 0 Å². The van der Waals surface area contributed by atoms with Crippen LogP contribution in [0.25, 0.3) is 0 Å². The van der Waals surface area contributed by atoms with Gasteiger partial charge in [-0.1, -0.05) is 12.8 Å². The smallest absolute Gasteiger partial charge is 0.244 e. The number of aromatic nitrogens is 2. The lowest BCUT2D eigenvalue weighted by atomic mass is 10.2. The van der Waals surface area contributed by atoms with Gasteiger partial charge in [0.15, 0.2) is 0 Å². The predicted molar refractivity (Wildman–Crippen MR) is 81.3 cm³/mol. The number of aryl methyl sites for hydroxylation is 1. The van der Waals surface area contributed by atoms with Crippen molar-refractivity contribution in [3.8, 4) is 0 Å². The van der Waals surface area contributed by atoms with Crippen LogP contribution in [0.1, 0.15) is 37.1 Å². The van der Waals surface area contributed by atoms with Gasteiger partial charge in [-0.25, -0.2) is 13.1 Å². The molecule has 0 saturated carbocycles. The van der Waals surface area contributed by atoms with Crippen molar-refractivity contribution in [3.05, 3.63) is 11.4 Å². The number of nitrogens with zero attached hydrogens (tertiary/aromatic N) is 1. The Bertz CT molecular complexity index is 500. The van der Waals surface area contributed by atoms with Gasteiger partial charge in [-0.05, 0) is 31.8 Å². The topological polar surface area (TPSA) is 95.1 Å². The Morgan fingerprint density at radius 1 is 1.30 bits per heavy atom. The Labute approximate surface area is 124 Å². The number of nitrogens with one attached hydrogen (secondary N) is 2. The van der Waals surface area contributed by atoms with Gasteiger partial charge in [0.1, 0.15) is 10.6 Å². The summed E-state index contributed by atoms with van der Waals surface area (Å²) in [5.74, 6) is 1.15. The van der Waals surface area contributed by atoms with Gasteiger partial charge in [0.05, 0.1) is 12.3 Å². The summed E-state index contributed by atoms with van der Waals surface area (Å²) in [4.78, 5) is 0.0717.